The molecule has 2 atom stereocenters. The number of nitrogens with zero attached hydrogens (tertiary/aromatic N) is 2. The number of nitrogens with one attached hydrogen (secondary N) is 1. The van der Waals surface area contributed by atoms with Crippen molar-refractivity contribution in [1.82, 2.24) is 4.90 Å². The minimum absolute atomic E-state index is 0.0445. The monoisotopic (exact) mass is 613 g/mol. The smallest absolute Gasteiger partial charge is 0.380 e. The summed E-state index contributed by atoms with van der Waals surface area (Å²) >= 11 is 0. The minimum Gasteiger partial charge on any atom is -0.380 e. The van der Waals surface area contributed by atoms with E-state index >= 15 is 8.78 Å². The summed E-state index contributed by atoms with van der Waals surface area (Å²) < 4.78 is 110. The second-order valence-corrected chi connectivity index (χ2v) is 12.1. The minimum atomic E-state index is -5.90. The van der Waals surface area contributed by atoms with Crippen molar-refractivity contribution in [1.29, 1.82) is 0 Å². The van der Waals surface area contributed by atoms with Gasteiger partial charge in [-0.2, -0.15) is 21.6 Å². The van der Waals surface area contributed by atoms with Crippen molar-refractivity contribution < 1.29 is 38.9 Å². The first-order valence-corrected chi connectivity index (χ1v) is 14.8. The first kappa shape index (κ1) is 30.0. The third kappa shape index (κ3) is 6.03. The molecule has 0 radical (unpaired) electrons. The van der Waals surface area contributed by atoms with Crippen LogP contribution in [0.15, 0.2) is 60.7 Å². The molecule has 3 aromatic carbocycles. The van der Waals surface area contributed by atoms with E-state index in [1.807, 2.05) is 9.80 Å². The van der Waals surface area contributed by atoms with Crippen molar-refractivity contribution in [3.8, 4) is 5.75 Å². The van der Waals surface area contributed by atoms with Crippen LogP contribution in [0, 0.1) is 11.6 Å². The zero-order valence-electron chi connectivity index (χ0n) is 22.5. The zero-order chi connectivity index (χ0) is 30.2. The fraction of sp³-hybridized carbons (Fsp3) is 0.379. The van der Waals surface area contributed by atoms with Crippen LogP contribution in [0.5, 0.6) is 5.75 Å². The SMILES string of the molecule is C[C@@H]1Cc2cc(OS(=O)(=O)C(F)(F)F)ccc2[C@@H](c2c(F)cc(NC3CN(CCCF)C3)cc2F)N1c1ccccc1. The van der Waals surface area contributed by atoms with E-state index in [1.54, 1.807) is 37.3 Å². The number of hydrogen-bond donors (Lipinski definition) is 1. The maximum absolute atomic E-state index is 15.9. The molecular weight excluding hydrogens is 584 g/mol. The van der Waals surface area contributed by atoms with Gasteiger partial charge in [0.1, 0.15) is 17.4 Å². The molecule has 2 aliphatic rings. The molecule has 1 fully saturated rings. The molecule has 1 saturated heterocycles. The summed E-state index contributed by atoms with van der Waals surface area (Å²) in [5.74, 6) is -2.19. The normalized spacial score (nSPS) is 19.7. The van der Waals surface area contributed by atoms with Crippen molar-refractivity contribution in [2.75, 3.05) is 36.5 Å². The Bertz CT molecular complexity index is 1510. The standard InChI is InChI=1S/C29H29F6N3O3S/c1-18-12-19-13-23(41-42(39,40)29(33,34)35)8-9-24(19)28(38(18)22-6-3-2-4-7-22)27-25(31)14-20(15-26(27)32)36-21-16-37(17-21)11-5-10-30/h2-4,6-9,13-15,18,21,28,36H,5,10-12,16-17H2,1H3/t18-,28+/m1/s1. The Kier molecular flexibility index (Phi) is 8.35. The van der Waals surface area contributed by atoms with E-state index in [0.29, 0.717) is 42.9 Å². The van der Waals surface area contributed by atoms with Crippen LogP contribution in [-0.4, -0.2) is 57.2 Å². The summed E-state index contributed by atoms with van der Waals surface area (Å²) in [6.07, 6.45) is 0.670. The highest BCUT2D eigenvalue weighted by atomic mass is 32.2. The Balaban J connectivity index is 1.51. The molecule has 0 amide bonds. The summed E-state index contributed by atoms with van der Waals surface area (Å²) in [4.78, 5) is 3.87. The van der Waals surface area contributed by atoms with Gasteiger partial charge in [0.15, 0.2) is 0 Å². The van der Waals surface area contributed by atoms with E-state index in [0.717, 1.165) is 6.07 Å². The molecule has 2 heterocycles. The lowest BCUT2D eigenvalue weighted by Crippen LogP contribution is -2.54. The highest BCUT2D eigenvalue weighted by Gasteiger charge is 2.48. The average molecular weight is 614 g/mol. The maximum Gasteiger partial charge on any atom is 0.534 e. The largest absolute Gasteiger partial charge is 0.534 e. The summed E-state index contributed by atoms with van der Waals surface area (Å²) in [6, 6.07) is 13.5. The molecule has 0 spiro atoms. The predicted octanol–water partition coefficient (Wildman–Crippen LogP) is 6.19. The van der Waals surface area contributed by atoms with Gasteiger partial charge in [-0.15, -0.1) is 0 Å². The first-order valence-electron chi connectivity index (χ1n) is 13.4. The quantitative estimate of drug-likeness (QED) is 0.177. The van der Waals surface area contributed by atoms with E-state index in [1.165, 1.54) is 24.3 Å². The van der Waals surface area contributed by atoms with E-state index in [2.05, 4.69) is 9.50 Å². The third-order valence-corrected chi connectivity index (χ3v) is 8.49. The summed E-state index contributed by atoms with van der Waals surface area (Å²) in [6.45, 7) is 3.25. The molecule has 3 aromatic rings. The topological polar surface area (TPSA) is 61.9 Å². The number of anilines is 2. The number of rotatable bonds is 9. The van der Waals surface area contributed by atoms with E-state index < -0.39 is 45.7 Å². The second kappa shape index (κ2) is 11.7. The highest BCUT2D eigenvalue weighted by Crippen LogP contribution is 2.44. The van der Waals surface area contributed by atoms with Gasteiger partial charge >= 0.3 is 15.6 Å². The Morgan fingerprint density at radius 2 is 1.67 bits per heavy atom. The van der Waals surface area contributed by atoms with Gasteiger partial charge in [0, 0.05) is 37.1 Å². The third-order valence-electron chi connectivity index (χ3n) is 7.51. The molecule has 0 bridgehead atoms. The number of alkyl halides is 4. The predicted molar refractivity (Wildman–Crippen MR) is 147 cm³/mol. The molecule has 2 aliphatic heterocycles. The molecular formula is C29H29F6N3O3S. The fourth-order valence-corrected chi connectivity index (χ4v) is 6.11. The van der Waals surface area contributed by atoms with Crippen LogP contribution in [0.25, 0.3) is 0 Å². The number of halogens is 6. The van der Waals surface area contributed by atoms with Crippen LogP contribution in [0.2, 0.25) is 0 Å². The van der Waals surface area contributed by atoms with E-state index in [-0.39, 0.29) is 29.8 Å². The van der Waals surface area contributed by atoms with Gasteiger partial charge in [0.25, 0.3) is 0 Å². The zero-order valence-corrected chi connectivity index (χ0v) is 23.4. The van der Waals surface area contributed by atoms with Crippen molar-refractivity contribution in [2.45, 2.75) is 43.4 Å². The van der Waals surface area contributed by atoms with Crippen LogP contribution in [0.4, 0.5) is 37.7 Å². The van der Waals surface area contributed by atoms with Gasteiger partial charge in [-0.3, -0.25) is 9.29 Å². The Morgan fingerprint density at radius 3 is 2.29 bits per heavy atom. The Hall–Kier alpha value is -3.45. The van der Waals surface area contributed by atoms with Gasteiger partial charge in [0.2, 0.25) is 0 Å². The number of para-hydroxylation sites is 1. The van der Waals surface area contributed by atoms with Crippen LogP contribution >= 0.6 is 0 Å². The van der Waals surface area contributed by atoms with Crippen molar-refractivity contribution in [2.24, 2.45) is 0 Å². The van der Waals surface area contributed by atoms with Crippen LogP contribution < -0.4 is 14.4 Å². The molecule has 6 nitrogen and oxygen atoms in total. The van der Waals surface area contributed by atoms with Gasteiger partial charge in [-0.25, -0.2) is 8.78 Å². The molecule has 13 heteroatoms. The molecule has 5 rings (SSSR count). The highest BCUT2D eigenvalue weighted by molar-refractivity contribution is 7.88. The van der Waals surface area contributed by atoms with Crippen LogP contribution in [0.1, 0.15) is 36.1 Å². The first-order chi connectivity index (χ1) is 19.9. The molecule has 226 valence electrons. The lowest BCUT2D eigenvalue weighted by Gasteiger charge is -2.44. The van der Waals surface area contributed by atoms with Gasteiger partial charge in [0.05, 0.1) is 24.3 Å². The molecule has 0 unspecified atom stereocenters. The number of fused-ring (bicyclic) bond motifs is 1. The van der Waals surface area contributed by atoms with Gasteiger partial charge in [-0.1, -0.05) is 24.3 Å². The van der Waals surface area contributed by atoms with Crippen LogP contribution in [-0.2, 0) is 16.5 Å². The molecule has 42 heavy (non-hydrogen) atoms. The number of likely N-dealkylation sites (tertiary alicyclic amines) is 1. The number of benzene rings is 3. The molecule has 1 N–H and O–H groups in total. The van der Waals surface area contributed by atoms with Gasteiger partial charge < -0.3 is 14.4 Å². The Labute approximate surface area is 240 Å². The summed E-state index contributed by atoms with van der Waals surface area (Å²) in [5, 5.41) is 3.11. The average Bonchev–Trinajstić information content (AvgIpc) is 2.89. The van der Waals surface area contributed by atoms with Crippen molar-refractivity contribution in [3.05, 3.63) is 89.0 Å². The molecule has 0 aliphatic carbocycles. The number of hydrogen-bond acceptors (Lipinski definition) is 6. The fourth-order valence-electron chi connectivity index (χ4n) is 5.66. The van der Waals surface area contributed by atoms with Crippen molar-refractivity contribution >= 4 is 21.5 Å². The van der Waals surface area contributed by atoms with E-state index in [4.69, 9.17) is 0 Å². The van der Waals surface area contributed by atoms with Crippen molar-refractivity contribution in [3.63, 3.8) is 0 Å². The lowest BCUT2D eigenvalue weighted by atomic mass is 9.84. The van der Waals surface area contributed by atoms with Crippen LogP contribution in [0.3, 0.4) is 0 Å². The summed E-state index contributed by atoms with van der Waals surface area (Å²) in [5.41, 5.74) is -4.15. The lowest BCUT2D eigenvalue weighted by molar-refractivity contribution is -0.0500. The Morgan fingerprint density at radius 1 is 1.00 bits per heavy atom. The molecule has 0 aromatic heterocycles. The summed E-state index contributed by atoms with van der Waals surface area (Å²) in [7, 11) is -5.90. The molecule has 0 saturated carbocycles. The van der Waals surface area contributed by atoms with Gasteiger partial charge in [-0.05, 0) is 67.3 Å². The van der Waals surface area contributed by atoms with E-state index in [9.17, 15) is 26.0 Å². The maximum atomic E-state index is 15.9. The second-order valence-electron chi connectivity index (χ2n) is 10.5.